The first-order chi connectivity index (χ1) is 6.77. The van der Waals surface area contributed by atoms with Crippen LogP contribution in [-0.2, 0) is 0 Å². The van der Waals surface area contributed by atoms with Crippen molar-refractivity contribution in [1.82, 2.24) is 0 Å². The van der Waals surface area contributed by atoms with E-state index in [0.717, 1.165) is 24.7 Å². The van der Waals surface area contributed by atoms with Crippen LogP contribution >= 0.6 is 0 Å². The molecule has 2 unspecified atom stereocenters. The van der Waals surface area contributed by atoms with E-state index in [2.05, 4.69) is 12.2 Å². The van der Waals surface area contributed by atoms with Crippen molar-refractivity contribution in [3.8, 4) is 0 Å². The van der Waals surface area contributed by atoms with Gasteiger partial charge in [-0.3, -0.25) is 0 Å². The molecule has 4 aliphatic carbocycles. The minimum atomic E-state index is -0.462. The van der Waals surface area contributed by atoms with Gasteiger partial charge in [0.25, 0.3) is 0 Å². The Bertz CT molecular complexity index is 227. The lowest BCUT2D eigenvalue weighted by atomic mass is 9.55. The largest absolute Gasteiger partial charge is 0.390 e. The summed E-state index contributed by atoms with van der Waals surface area (Å²) < 4.78 is 0. The van der Waals surface area contributed by atoms with Crippen molar-refractivity contribution < 1.29 is 10.2 Å². The zero-order valence-electron chi connectivity index (χ0n) is 8.34. The highest BCUT2D eigenvalue weighted by atomic mass is 16.3. The molecule has 4 atom stereocenters. The smallest absolute Gasteiger partial charge is 0.0802 e. The second-order valence-corrected chi connectivity index (χ2v) is 5.20. The van der Waals surface area contributed by atoms with Gasteiger partial charge < -0.3 is 10.2 Å². The van der Waals surface area contributed by atoms with Crippen molar-refractivity contribution in [3.05, 3.63) is 12.2 Å². The van der Waals surface area contributed by atoms with Crippen LogP contribution in [0.2, 0.25) is 0 Å². The van der Waals surface area contributed by atoms with Gasteiger partial charge in [-0.25, -0.2) is 0 Å². The molecule has 3 fully saturated rings. The molecule has 0 amide bonds. The quantitative estimate of drug-likeness (QED) is 0.571. The molecule has 0 aromatic rings. The molecule has 78 valence electrons. The molecule has 0 aliphatic heterocycles. The van der Waals surface area contributed by atoms with Crippen molar-refractivity contribution in [2.75, 3.05) is 0 Å². The summed E-state index contributed by atoms with van der Waals surface area (Å²) >= 11 is 0. The highest BCUT2D eigenvalue weighted by Gasteiger charge is 2.53. The molecule has 14 heavy (non-hydrogen) atoms. The predicted octanol–water partition coefficient (Wildman–Crippen LogP) is 1.33. The van der Waals surface area contributed by atoms with E-state index in [-0.39, 0.29) is 0 Å². The van der Waals surface area contributed by atoms with Crippen LogP contribution in [0.3, 0.4) is 0 Å². The van der Waals surface area contributed by atoms with E-state index in [1.807, 2.05) is 0 Å². The van der Waals surface area contributed by atoms with E-state index in [9.17, 15) is 10.2 Å². The van der Waals surface area contributed by atoms with Crippen LogP contribution < -0.4 is 0 Å². The van der Waals surface area contributed by atoms with Gasteiger partial charge in [-0.15, -0.1) is 0 Å². The summed E-state index contributed by atoms with van der Waals surface area (Å²) in [5, 5.41) is 19.5. The maximum atomic E-state index is 9.73. The molecule has 0 radical (unpaired) electrons. The number of aliphatic hydroxyl groups excluding tert-OH is 2. The van der Waals surface area contributed by atoms with E-state index >= 15 is 0 Å². The molecule has 0 spiro atoms. The summed E-state index contributed by atoms with van der Waals surface area (Å²) in [7, 11) is 0. The fourth-order valence-electron chi connectivity index (χ4n) is 3.90. The van der Waals surface area contributed by atoms with Gasteiger partial charge in [0.2, 0.25) is 0 Å². The fraction of sp³-hybridized carbons (Fsp3) is 0.833. The highest BCUT2D eigenvalue weighted by molar-refractivity contribution is 5.09. The van der Waals surface area contributed by atoms with Crippen LogP contribution in [0.25, 0.3) is 0 Å². The molecular weight excluding hydrogens is 176 g/mol. The second kappa shape index (κ2) is 3.07. The zero-order chi connectivity index (χ0) is 9.71. The van der Waals surface area contributed by atoms with E-state index in [4.69, 9.17) is 0 Å². The molecule has 2 heteroatoms. The predicted molar refractivity (Wildman–Crippen MR) is 53.6 cm³/mol. The summed E-state index contributed by atoms with van der Waals surface area (Å²) in [6, 6.07) is 0. The molecule has 2 nitrogen and oxygen atoms in total. The molecule has 4 bridgehead atoms. The highest BCUT2D eigenvalue weighted by Crippen LogP contribution is 2.57. The van der Waals surface area contributed by atoms with E-state index in [1.54, 1.807) is 0 Å². The average molecular weight is 194 g/mol. The van der Waals surface area contributed by atoms with Gasteiger partial charge >= 0.3 is 0 Å². The van der Waals surface area contributed by atoms with E-state index in [0.29, 0.717) is 11.8 Å². The Labute approximate surface area is 84.6 Å². The van der Waals surface area contributed by atoms with Crippen LogP contribution in [0.4, 0.5) is 0 Å². The summed E-state index contributed by atoms with van der Waals surface area (Å²) in [5.74, 6) is 2.88. The average Bonchev–Trinajstić information content (AvgIpc) is 2.56. The van der Waals surface area contributed by atoms with Gasteiger partial charge in [0.1, 0.15) is 0 Å². The topological polar surface area (TPSA) is 40.5 Å². The van der Waals surface area contributed by atoms with Gasteiger partial charge in [0.05, 0.1) is 12.2 Å². The SMILES string of the molecule is O[C@@H]1CC2C3CC=CCC2C3C[C@@H]1O. The number of allylic oxidation sites excluding steroid dienone is 2. The maximum absolute atomic E-state index is 9.73. The van der Waals surface area contributed by atoms with Gasteiger partial charge in [-0.1, -0.05) is 12.2 Å². The monoisotopic (exact) mass is 194 g/mol. The summed E-state index contributed by atoms with van der Waals surface area (Å²) in [6.07, 6.45) is 7.66. The first-order valence-corrected chi connectivity index (χ1v) is 5.78. The Balaban J connectivity index is 1.85. The van der Waals surface area contributed by atoms with Crippen LogP contribution in [0.5, 0.6) is 0 Å². The van der Waals surface area contributed by atoms with Crippen molar-refractivity contribution >= 4 is 0 Å². The van der Waals surface area contributed by atoms with Crippen LogP contribution in [0.15, 0.2) is 12.2 Å². The first-order valence-electron chi connectivity index (χ1n) is 5.78. The second-order valence-electron chi connectivity index (χ2n) is 5.20. The molecule has 2 N–H and O–H groups in total. The third kappa shape index (κ3) is 1.10. The van der Waals surface area contributed by atoms with Gasteiger partial charge in [0, 0.05) is 0 Å². The Morgan fingerprint density at radius 1 is 0.714 bits per heavy atom. The number of hydrogen-bond acceptors (Lipinski definition) is 2. The zero-order valence-corrected chi connectivity index (χ0v) is 8.34. The molecule has 4 rings (SSSR count). The Morgan fingerprint density at radius 2 is 1.14 bits per heavy atom. The van der Waals surface area contributed by atoms with Crippen molar-refractivity contribution in [1.29, 1.82) is 0 Å². The lowest BCUT2D eigenvalue weighted by molar-refractivity contribution is -0.0186. The summed E-state index contributed by atoms with van der Waals surface area (Å²) in [4.78, 5) is 0. The molecule has 0 heterocycles. The molecule has 0 aromatic heterocycles. The Hall–Kier alpha value is -0.340. The van der Waals surface area contributed by atoms with Gasteiger partial charge in [-0.05, 0) is 49.4 Å². The molecular formula is C12H18O2. The van der Waals surface area contributed by atoms with E-state index < -0.39 is 12.2 Å². The minimum absolute atomic E-state index is 0.462. The Morgan fingerprint density at radius 3 is 1.57 bits per heavy atom. The van der Waals surface area contributed by atoms with Crippen molar-refractivity contribution in [3.63, 3.8) is 0 Å². The molecule has 0 saturated heterocycles. The maximum Gasteiger partial charge on any atom is 0.0802 e. The number of aliphatic hydroxyl groups is 2. The third-order valence-electron chi connectivity index (χ3n) is 4.65. The first kappa shape index (κ1) is 8.93. The Kier molecular flexibility index (Phi) is 1.96. The summed E-state index contributed by atoms with van der Waals surface area (Å²) in [5.41, 5.74) is 0. The molecule has 3 saturated carbocycles. The third-order valence-corrected chi connectivity index (χ3v) is 4.65. The van der Waals surface area contributed by atoms with Crippen molar-refractivity contribution in [2.24, 2.45) is 23.7 Å². The van der Waals surface area contributed by atoms with Crippen LogP contribution in [-0.4, -0.2) is 22.4 Å². The lowest BCUT2D eigenvalue weighted by Gasteiger charge is -2.50. The lowest BCUT2D eigenvalue weighted by Crippen LogP contribution is -2.44. The molecule has 0 aromatic carbocycles. The van der Waals surface area contributed by atoms with Gasteiger partial charge in [-0.2, -0.15) is 0 Å². The number of hydrogen-bond donors (Lipinski definition) is 2. The standard InChI is InChI=1S/C12H18O2/c13-11-5-9-7-3-1-2-4-8(9)10(7)6-12(11)14/h1-2,7-14H,3-6H2/t7?,8?,9?,10?,11-,12+. The summed E-state index contributed by atoms with van der Waals surface area (Å²) in [6.45, 7) is 0. The van der Waals surface area contributed by atoms with Crippen LogP contribution in [0, 0.1) is 23.7 Å². The van der Waals surface area contributed by atoms with Gasteiger partial charge in [0.15, 0.2) is 0 Å². The molecule has 4 aliphatic rings. The minimum Gasteiger partial charge on any atom is -0.390 e. The van der Waals surface area contributed by atoms with Crippen LogP contribution in [0.1, 0.15) is 25.7 Å². The van der Waals surface area contributed by atoms with Crippen molar-refractivity contribution in [2.45, 2.75) is 37.9 Å². The fourth-order valence-corrected chi connectivity index (χ4v) is 3.90. The number of fused-ring (bicyclic) bond motifs is 3. The number of rotatable bonds is 0. The normalized spacial score (nSPS) is 55.9. The van der Waals surface area contributed by atoms with E-state index in [1.165, 1.54) is 12.8 Å².